The molecule has 0 fully saturated rings. The van der Waals surface area contributed by atoms with Crippen LogP contribution >= 0.6 is 39.0 Å². The second kappa shape index (κ2) is 7.34. The van der Waals surface area contributed by atoms with Crippen molar-refractivity contribution in [2.24, 2.45) is 0 Å². The van der Waals surface area contributed by atoms with Crippen LogP contribution in [0, 0.1) is 6.92 Å². The Bertz CT molecular complexity index is 479. The molecule has 18 heavy (non-hydrogen) atoms. The number of benzene rings is 1. The summed E-state index contributed by atoms with van der Waals surface area (Å²) >= 11 is 7.17. The largest absolute Gasteiger partial charge is 0.311 e. The monoisotopic (exact) mass is 341 g/mol. The molecular formula is C14H16BrNS2. The molecule has 0 saturated carbocycles. The van der Waals surface area contributed by atoms with Gasteiger partial charge in [-0.15, -0.1) is 23.1 Å². The van der Waals surface area contributed by atoms with Crippen molar-refractivity contribution in [3.63, 3.8) is 0 Å². The lowest BCUT2D eigenvalue weighted by molar-refractivity contribution is 0.738. The first-order valence-corrected chi connectivity index (χ1v) is 8.53. The van der Waals surface area contributed by atoms with Crippen molar-refractivity contribution in [3.8, 4) is 0 Å². The van der Waals surface area contributed by atoms with Crippen LogP contribution in [0.25, 0.3) is 0 Å². The highest BCUT2D eigenvalue weighted by atomic mass is 79.9. The zero-order chi connectivity index (χ0) is 12.8. The Labute approximate surface area is 125 Å². The van der Waals surface area contributed by atoms with Gasteiger partial charge in [-0.2, -0.15) is 0 Å². The normalized spacial score (nSPS) is 10.8. The van der Waals surface area contributed by atoms with E-state index in [0.717, 1.165) is 23.3 Å². The molecule has 1 heterocycles. The molecule has 0 aliphatic rings. The maximum Gasteiger partial charge on any atom is 0.0302 e. The molecule has 0 bridgehead atoms. The van der Waals surface area contributed by atoms with E-state index in [1.54, 1.807) is 0 Å². The van der Waals surface area contributed by atoms with Crippen molar-refractivity contribution in [1.82, 2.24) is 5.32 Å². The van der Waals surface area contributed by atoms with Crippen LogP contribution in [0.15, 0.2) is 45.1 Å². The first kappa shape index (κ1) is 14.1. The molecular weight excluding hydrogens is 326 g/mol. The van der Waals surface area contributed by atoms with Crippen molar-refractivity contribution in [2.45, 2.75) is 18.4 Å². The van der Waals surface area contributed by atoms with Crippen LogP contribution in [0.3, 0.4) is 0 Å². The second-order valence-electron chi connectivity index (χ2n) is 4.01. The zero-order valence-electron chi connectivity index (χ0n) is 10.3. The second-order valence-corrected chi connectivity index (χ2v) is 7.09. The highest BCUT2D eigenvalue weighted by molar-refractivity contribution is 9.10. The van der Waals surface area contributed by atoms with Gasteiger partial charge in [-0.05, 0) is 48.2 Å². The minimum absolute atomic E-state index is 0.990. The van der Waals surface area contributed by atoms with Crippen LogP contribution in [-0.4, -0.2) is 12.3 Å². The molecule has 0 saturated heterocycles. The lowest BCUT2D eigenvalue weighted by Crippen LogP contribution is -2.16. The lowest BCUT2D eigenvalue weighted by Gasteiger charge is -2.04. The molecule has 2 rings (SSSR count). The molecule has 96 valence electrons. The minimum Gasteiger partial charge on any atom is -0.311 e. The van der Waals surface area contributed by atoms with E-state index < -0.39 is 0 Å². The van der Waals surface area contributed by atoms with Crippen molar-refractivity contribution in [1.29, 1.82) is 0 Å². The molecule has 1 nitrogen and oxygen atoms in total. The Morgan fingerprint density at radius 3 is 2.67 bits per heavy atom. The standard InChI is InChI=1S/C14H16BrNS2/c1-11-6-8-18-14(11)10-16-7-9-17-13-4-2-12(15)3-5-13/h2-6,8,16H,7,9-10H2,1H3. The first-order valence-electron chi connectivity index (χ1n) is 5.88. The van der Waals surface area contributed by atoms with E-state index in [2.05, 4.69) is 63.9 Å². The highest BCUT2D eigenvalue weighted by Crippen LogP contribution is 2.20. The van der Waals surface area contributed by atoms with Gasteiger partial charge in [0, 0.05) is 33.1 Å². The minimum atomic E-state index is 0.990. The fourth-order valence-electron chi connectivity index (χ4n) is 1.56. The number of nitrogens with one attached hydrogen (secondary N) is 1. The summed E-state index contributed by atoms with van der Waals surface area (Å²) in [5.41, 5.74) is 1.40. The van der Waals surface area contributed by atoms with E-state index in [-0.39, 0.29) is 0 Å². The summed E-state index contributed by atoms with van der Waals surface area (Å²) in [6, 6.07) is 10.7. The van der Waals surface area contributed by atoms with Crippen LogP contribution < -0.4 is 5.32 Å². The Balaban J connectivity index is 1.64. The molecule has 4 heteroatoms. The molecule has 0 aliphatic carbocycles. The third-order valence-electron chi connectivity index (χ3n) is 2.61. The van der Waals surface area contributed by atoms with Crippen molar-refractivity contribution in [2.75, 3.05) is 12.3 Å². The average Bonchev–Trinajstić information content (AvgIpc) is 2.77. The maximum absolute atomic E-state index is 3.49. The van der Waals surface area contributed by atoms with Gasteiger partial charge in [0.25, 0.3) is 0 Å². The topological polar surface area (TPSA) is 12.0 Å². The van der Waals surface area contributed by atoms with Crippen LogP contribution in [0.5, 0.6) is 0 Å². The summed E-state index contributed by atoms with van der Waals surface area (Å²) in [6.45, 7) is 4.20. The Morgan fingerprint density at radius 2 is 2.00 bits per heavy atom. The molecule has 0 amide bonds. The molecule has 0 spiro atoms. The molecule has 1 aromatic carbocycles. The van der Waals surface area contributed by atoms with Gasteiger partial charge in [0.2, 0.25) is 0 Å². The summed E-state index contributed by atoms with van der Waals surface area (Å²) in [5.74, 6) is 1.10. The summed E-state index contributed by atoms with van der Waals surface area (Å²) < 4.78 is 1.14. The quantitative estimate of drug-likeness (QED) is 0.603. The molecule has 2 aromatic rings. The van der Waals surface area contributed by atoms with E-state index in [9.17, 15) is 0 Å². The number of aryl methyl sites for hydroxylation is 1. The Hall–Kier alpha value is -0.290. The van der Waals surface area contributed by atoms with Gasteiger partial charge in [-0.25, -0.2) is 0 Å². The number of hydrogen-bond acceptors (Lipinski definition) is 3. The van der Waals surface area contributed by atoms with Crippen LogP contribution in [0.2, 0.25) is 0 Å². The number of halogens is 1. The van der Waals surface area contributed by atoms with Gasteiger partial charge >= 0.3 is 0 Å². The van der Waals surface area contributed by atoms with Gasteiger partial charge in [0.1, 0.15) is 0 Å². The van der Waals surface area contributed by atoms with E-state index in [1.165, 1.54) is 15.3 Å². The van der Waals surface area contributed by atoms with Crippen LogP contribution in [0.4, 0.5) is 0 Å². The highest BCUT2D eigenvalue weighted by Gasteiger charge is 1.99. The Morgan fingerprint density at radius 1 is 1.22 bits per heavy atom. The molecule has 0 radical (unpaired) electrons. The molecule has 0 atom stereocenters. The van der Waals surface area contributed by atoms with E-state index in [1.807, 2.05) is 23.1 Å². The van der Waals surface area contributed by atoms with Gasteiger partial charge in [0.05, 0.1) is 0 Å². The van der Waals surface area contributed by atoms with Gasteiger partial charge < -0.3 is 5.32 Å². The third kappa shape index (κ3) is 4.43. The van der Waals surface area contributed by atoms with Crippen molar-refractivity contribution < 1.29 is 0 Å². The maximum atomic E-state index is 3.49. The van der Waals surface area contributed by atoms with E-state index in [4.69, 9.17) is 0 Å². The number of thioether (sulfide) groups is 1. The fraction of sp³-hybridized carbons (Fsp3) is 0.286. The summed E-state index contributed by atoms with van der Waals surface area (Å²) in [5, 5.41) is 5.65. The van der Waals surface area contributed by atoms with E-state index >= 15 is 0 Å². The predicted octanol–water partition coefficient (Wildman–Crippen LogP) is 4.70. The van der Waals surface area contributed by atoms with Crippen LogP contribution in [0.1, 0.15) is 10.4 Å². The van der Waals surface area contributed by atoms with Crippen LogP contribution in [-0.2, 0) is 6.54 Å². The van der Waals surface area contributed by atoms with Gasteiger partial charge in [-0.3, -0.25) is 0 Å². The smallest absolute Gasteiger partial charge is 0.0302 e. The number of hydrogen-bond donors (Lipinski definition) is 1. The Kier molecular flexibility index (Phi) is 5.76. The van der Waals surface area contributed by atoms with Crippen molar-refractivity contribution in [3.05, 3.63) is 50.6 Å². The molecule has 1 aromatic heterocycles. The summed E-state index contributed by atoms with van der Waals surface area (Å²) in [4.78, 5) is 2.77. The molecule has 0 unspecified atom stereocenters. The molecule has 0 aliphatic heterocycles. The fourth-order valence-corrected chi connectivity index (χ4v) is 3.51. The number of thiophene rings is 1. The van der Waals surface area contributed by atoms with E-state index in [0.29, 0.717) is 0 Å². The van der Waals surface area contributed by atoms with Gasteiger partial charge in [-0.1, -0.05) is 15.9 Å². The SMILES string of the molecule is Cc1ccsc1CNCCSc1ccc(Br)cc1. The summed E-state index contributed by atoms with van der Waals surface area (Å²) in [7, 11) is 0. The predicted molar refractivity (Wildman–Crippen MR) is 85.6 cm³/mol. The first-order chi connectivity index (χ1) is 8.75. The molecule has 1 N–H and O–H groups in total. The average molecular weight is 342 g/mol. The third-order valence-corrected chi connectivity index (χ3v) is 5.18. The number of rotatable bonds is 6. The van der Waals surface area contributed by atoms with Crippen molar-refractivity contribution >= 4 is 39.0 Å². The van der Waals surface area contributed by atoms with Gasteiger partial charge in [0.15, 0.2) is 0 Å². The lowest BCUT2D eigenvalue weighted by atomic mass is 10.3. The zero-order valence-corrected chi connectivity index (χ0v) is 13.5. The summed E-state index contributed by atoms with van der Waals surface area (Å²) in [6.07, 6.45) is 0.